The Morgan fingerprint density at radius 1 is 1.50 bits per heavy atom. The highest BCUT2D eigenvalue weighted by atomic mass is 19.1. The number of nitrogens with two attached hydrogens (primary N) is 1. The van der Waals surface area contributed by atoms with E-state index in [0.717, 1.165) is 6.42 Å². The molecule has 0 spiro atoms. The lowest BCUT2D eigenvalue weighted by Gasteiger charge is -2.14. The molecule has 0 heterocycles. The molecule has 0 radical (unpaired) electrons. The summed E-state index contributed by atoms with van der Waals surface area (Å²) in [5, 5.41) is 0. The SMILES string of the molecule is CCC(N)Cc1cc(F)ccc1OCC(=O)OC. The molecule has 5 heteroatoms. The minimum absolute atomic E-state index is 0.0627. The minimum atomic E-state index is -0.481. The van der Waals surface area contributed by atoms with Gasteiger partial charge < -0.3 is 15.2 Å². The van der Waals surface area contributed by atoms with Crippen molar-refractivity contribution in [3.63, 3.8) is 0 Å². The molecule has 0 aliphatic rings. The van der Waals surface area contributed by atoms with Gasteiger partial charge in [0.25, 0.3) is 0 Å². The van der Waals surface area contributed by atoms with E-state index >= 15 is 0 Å². The van der Waals surface area contributed by atoms with Crippen molar-refractivity contribution in [2.45, 2.75) is 25.8 Å². The van der Waals surface area contributed by atoms with Crippen LogP contribution in [0.15, 0.2) is 18.2 Å². The lowest BCUT2D eigenvalue weighted by molar-refractivity contribution is -0.142. The number of carbonyl (C=O) groups excluding carboxylic acids is 1. The summed E-state index contributed by atoms with van der Waals surface area (Å²) in [5.41, 5.74) is 6.50. The Morgan fingerprint density at radius 3 is 2.83 bits per heavy atom. The van der Waals surface area contributed by atoms with Crippen LogP contribution >= 0.6 is 0 Å². The quantitative estimate of drug-likeness (QED) is 0.785. The van der Waals surface area contributed by atoms with Crippen molar-refractivity contribution in [1.82, 2.24) is 0 Å². The highest BCUT2D eigenvalue weighted by Crippen LogP contribution is 2.21. The maximum atomic E-state index is 13.2. The Kier molecular flexibility index (Phi) is 5.58. The Bertz CT molecular complexity index is 409. The fraction of sp³-hybridized carbons (Fsp3) is 0.462. The molecule has 0 aliphatic heterocycles. The van der Waals surface area contributed by atoms with Crippen molar-refractivity contribution >= 4 is 5.97 Å². The number of hydrogen-bond acceptors (Lipinski definition) is 4. The largest absolute Gasteiger partial charge is 0.482 e. The minimum Gasteiger partial charge on any atom is -0.482 e. The van der Waals surface area contributed by atoms with Crippen LogP contribution in [0, 0.1) is 5.82 Å². The standard InChI is InChI=1S/C13H18FNO3/c1-3-11(15)7-9-6-10(14)4-5-12(9)18-8-13(16)17-2/h4-6,11H,3,7-8,15H2,1-2H3. The molecule has 18 heavy (non-hydrogen) atoms. The molecule has 1 atom stereocenters. The number of esters is 1. The Hall–Kier alpha value is -1.62. The number of ether oxygens (including phenoxy) is 2. The highest BCUT2D eigenvalue weighted by molar-refractivity contribution is 5.70. The van der Waals surface area contributed by atoms with E-state index in [9.17, 15) is 9.18 Å². The van der Waals surface area contributed by atoms with Gasteiger partial charge in [0.15, 0.2) is 6.61 Å². The second kappa shape index (κ2) is 6.96. The molecule has 1 aromatic carbocycles. The zero-order chi connectivity index (χ0) is 13.5. The molecule has 0 aliphatic carbocycles. The van der Waals surface area contributed by atoms with Gasteiger partial charge in [-0.1, -0.05) is 6.92 Å². The molecule has 100 valence electrons. The van der Waals surface area contributed by atoms with Gasteiger partial charge in [-0.05, 0) is 36.6 Å². The first-order valence-electron chi connectivity index (χ1n) is 5.80. The van der Waals surface area contributed by atoms with Crippen LogP contribution in [0.2, 0.25) is 0 Å². The number of halogens is 1. The van der Waals surface area contributed by atoms with Crippen molar-refractivity contribution < 1.29 is 18.7 Å². The van der Waals surface area contributed by atoms with Gasteiger partial charge in [-0.15, -0.1) is 0 Å². The topological polar surface area (TPSA) is 61.5 Å². The molecule has 2 N–H and O–H groups in total. The predicted molar refractivity (Wildman–Crippen MR) is 65.9 cm³/mol. The predicted octanol–water partition coefficient (Wildman–Crippen LogP) is 1.66. The molecule has 0 amide bonds. The summed E-state index contributed by atoms with van der Waals surface area (Å²) in [6.45, 7) is 1.76. The lowest BCUT2D eigenvalue weighted by Crippen LogP contribution is -2.22. The van der Waals surface area contributed by atoms with Crippen LogP contribution in [0.4, 0.5) is 4.39 Å². The number of hydrogen-bond donors (Lipinski definition) is 1. The Balaban J connectivity index is 2.79. The van der Waals surface area contributed by atoms with Crippen LogP contribution in [0.5, 0.6) is 5.75 Å². The second-order valence-electron chi connectivity index (χ2n) is 3.99. The van der Waals surface area contributed by atoms with Crippen LogP contribution < -0.4 is 10.5 Å². The van der Waals surface area contributed by atoms with Gasteiger partial charge in [0.2, 0.25) is 0 Å². The second-order valence-corrected chi connectivity index (χ2v) is 3.99. The zero-order valence-corrected chi connectivity index (χ0v) is 10.6. The van der Waals surface area contributed by atoms with E-state index in [1.807, 2.05) is 6.92 Å². The molecule has 1 rings (SSSR count). The zero-order valence-electron chi connectivity index (χ0n) is 10.6. The van der Waals surface area contributed by atoms with E-state index < -0.39 is 5.97 Å². The van der Waals surface area contributed by atoms with Gasteiger partial charge in [0.05, 0.1) is 7.11 Å². The molecule has 0 fully saturated rings. The number of carbonyl (C=O) groups is 1. The summed E-state index contributed by atoms with van der Waals surface area (Å²) in [5.74, 6) is -0.366. The molecule has 4 nitrogen and oxygen atoms in total. The summed E-state index contributed by atoms with van der Waals surface area (Å²) in [6.07, 6.45) is 1.29. The third-order valence-electron chi connectivity index (χ3n) is 2.60. The smallest absolute Gasteiger partial charge is 0.343 e. The fourth-order valence-electron chi connectivity index (χ4n) is 1.47. The molecule has 0 saturated carbocycles. The molecule has 1 aromatic rings. The van der Waals surface area contributed by atoms with E-state index in [-0.39, 0.29) is 18.5 Å². The first kappa shape index (κ1) is 14.4. The monoisotopic (exact) mass is 255 g/mol. The summed E-state index contributed by atoms with van der Waals surface area (Å²) < 4.78 is 22.9. The summed E-state index contributed by atoms with van der Waals surface area (Å²) in [4.78, 5) is 11.0. The van der Waals surface area contributed by atoms with E-state index in [2.05, 4.69) is 4.74 Å². The van der Waals surface area contributed by atoms with Crippen molar-refractivity contribution in [3.8, 4) is 5.75 Å². The first-order chi connectivity index (χ1) is 8.56. The van der Waals surface area contributed by atoms with E-state index in [1.165, 1.54) is 25.3 Å². The van der Waals surface area contributed by atoms with Crippen LogP contribution in [0.1, 0.15) is 18.9 Å². The average molecular weight is 255 g/mol. The Labute approximate surface area is 106 Å². The Morgan fingerprint density at radius 2 is 2.22 bits per heavy atom. The van der Waals surface area contributed by atoms with Crippen molar-refractivity contribution in [2.75, 3.05) is 13.7 Å². The molecule has 0 bridgehead atoms. The molecule has 1 unspecified atom stereocenters. The van der Waals surface area contributed by atoms with Crippen LogP contribution in [0.3, 0.4) is 0 Å². The van der Waals surface area contributed by atoms with Gasteiger partial charge in [0, 0.05) is 6.04 Å². The highest BCUT2D eigenvalue weighted by Gasteiger charge is 2.11. The number of methoxy groups -OCH3 is 1. The van der Waals surface area contributed by atoms with E-state index in [4.69, 9.17) is 10.5 Å². The molecule has 0 saturated heterocycles. The van der Waals surface area contributed by atoms with Crippen molar-refractivity contribution in [2.24, 2.45) is 5.73 Å². The van der Waals surface area contributed by atoms with Crippen LogP contribution in [-0.2, 0) is 16.0 Å². The third kappa shape index (κ3) is 4.33. The van der Waals surface area contributed by atoms with Crippen molar-refractivity contribution in [3.05, 3.63) is 29.6 Å². The van der Waals surface area contributed by atoms with Gasteiger partial charge in [-0.25, -0.2) is 9.18 Å². The first-order valence-corrected chi connectivity index (χ1v) is 5.80. The van der Waals surface area contributed by atoms with Gasteiger partial charge in [-0.3, -0.25) is 0 Å². The van der Waals surface area contributed by atoms with E-state index in [1.54, 1.807) is 0 Å². The van der Waals surface area contributed by atoms with Gasteiger partial charge in [-0.2, -0.15) is 0 Å². The number of benzene rings is 1. The van der Waals surface area contributed by atoms with Crippen LogP contribution in [0.25, 0.3) is 0 Å². The molecule has 0 aromatic heterocycles. The third-order valence-corrected chi connectivity index (χ3v) is 2.60. The van der Waals surface area contributed by atoms with Gasteiger partial charge >= 0.3 is 5.97 Å². The summed E-state index contributed by atoms with van der Waals surface area (Å²) >= 11 is 0. The average Bonchev–Trinajstić information content (AvgIpc) is 2.37. The molecular formula is C13H18FNO3. The number of rotatable bonds is 6. The maximum absolute atomic E-state index is 13.2. The summed E-state index contributed by atoms with van der Waals surface area (Å²) in [7, 11) is 1.28. The fourth-order valence-corrected chi connectivity index (χ4v) is 1.47. The van der Waals surface area contributed by atoms with E-state index in [0.29, 0.717) is 17.7 Å². The maximum Gasteiger partial charge on any atom is 0.343 e. The normalized spacial score (nSPS) is 12.0. The van der Waals surface area contributed by atoms with Crippen molar-refractivity contribution in [1.29, 1.82) is 0 Å². The lowest BCUT2D eigenvalue weighted by atomic mass is 10.0. The molecular weight excluding hydrogens is 237 g/mol. The van der Waals surface area contributed by atoms with Gasteiger partial charge in [0.1, 0.15) is 11.6 Å². The summed E-state index contributed by atoms with van der Waals surface area (Å²) in [6, 6.07) is 4.10. The van der Waals surface area contributed by atoms with Crippen LogP contribution in [-0.4, -0.2) is 25.7 Å².